The molecular weight excluding hydrogens is 440 g/mol. The fraction of sp³-hybridized carbons (Fsp3) is 0.143. The van der Waals surface area contributed by atoms with Crippen molar-refractivity contribution >= 4 is 40.8 Å². The van der Waals surface area contributed by atoms with E-state index in [2.05, 4.69) is 4.98 Å². The van der Waals surface area contributed by atoms with Crippen LogP contribution < -0.4 is 4.74 Å². The van der Waals surface area contributed by atoms with Crippen LogP contribution in [0.25, 0.3) is 0 Å². The van der Waals surface area contributed by atoms with E-state index in [0.717, 1.165) is 0 Å². The fourth-order valence-electron chi connectivity index (χ4n) is 2.67. The lowest BCUT2D eigenvalue weighted by molar-refractivity contribution is 0.0593. The molecule has 3 rings (SSSR count). The van der Waals surface area contributed by atoms with Crippen LogP contribution >= 0.6 is 34.8 Å². The van der Waals surface area contributed by atoms with Gasteiger partial charge in [0.15, 0.2) is 0 Å². The first-order valence-electron chi connectivity index (χ1n) is 8.45. The molecule has 0 bridgehead atoms. The number of aromatic nitrogens is 1. The van der Waals surface area contributed by atoms with Gasteiger partial charge in [0.05, 0.1) is 7.11 Å². The molecule has 3 aromatic rings. The van der Waals surface area contributed by atoms with Gasteiger partial charge in [-0.2, -0.15) is 0 Å². The van der Waals surface area contributed by atoms with Crippen LogP contribution in [0.1, 0.15) is 27.3 Å². The summed E-state index contributed by atoms with van der Waals surface area (Å²) in [5.74, 6) is -0.535. The highest BCUT2D eigenvalue weighted by atomic mass is 35.5. The number of methoxy groups -OCH3 is 1. The Morgan fingerprint density at radius 3 is 2.41 bits per heavy atom. The molecule has 0 N–H and O–H groups in total. The number of hydrogen-bond acceptors (Lipinski definition) is 4. The summed E-state index contributed by atoms with van der Waals surface area (Å²) in [7, 11) is 1.27. The molecule has 2 aromatic carbocycles. The Balaban J connectivity index is 1.86. The van der Waals surface area contributed by atoms with Crippen molar-refractivity contribution in [2.75, 3.05) is 7.11 Å². The highest BCUT2D eigenvalue weighted by molar-refractivity contribution is 6.31. The van der Waals surface area contributed by atoms with E-state index in [-0.39, 0.29) is 12.3 Å². The van der Waals surface area contributed by atoms with Crippen molar-refractivity contribution in [3.05, 3.63) is 91.9 Å². The lowest BCUT2D eigenvalue weighted by Crippen LogP contribution is -2.07. The summed E-state index contributed by atoms with van der Waals surface area (Å²) < 4.78 is 24.5. The van der Waals surface area contributed by atoms with Crippen LogP contribution in [-0.2, 0) is 17.8 Å². The van der Waals surface area contributed by atoms with E-state index in [0.29, 0.717) is 44.1 Å². The molecule has 1 heterocycles. The first-order chi connectivity index (χ1) is 13.9. The number of nitrogens with zero attached hydrogens (tertiary/aromatic N) is 1. The maximum Gasteiger partial charge on any atom is 0.356 e. The Labute approximate surface area is 182 Å². The number of carbonyl (C=O) groups is 1. The smallest absolute Gasteiger partial charge is 0.356 e. The van der Waals surface area contributed by atoms with Gasteiger partial charge in [0.1, 0.15) is 23.9 Å². The Kier molecular flexibility index (Phi) is 6.96. The maximum atomic E-state index is 14.0. The van der Waals surface area contributed by atoms with Crippen LogP contribution in [0.5, 0.6) is 5.75 Å². The van der Waals surface area contributed by atoms with Crippen molar-refractivity contribution < 1.29 is 18.7 Å². The molecule has 4 nitrogen and oxygen atoms in total. The lowest BCUT2D eigenvalue weighted by atomic mass is 10.1. The van der Waals surface area contributed by atoms with Crippen molar-refractivity contribution in [3.63, 3.8) is 0 Å². The van der Waals surface area contributed by atoms with Crippen molar-refractivity contribution in [1.29, 1.82) is 0 Å². The third-order valence-corrected chi connectivity index (χ3v) is 4.72. The molecule has 0 amide bonds. The largest absolute Gasteiger partial charge is 0.489 e. The van der Waals surface area contributed by atoms with Gasteiger partial charge < -0.3 is 9.47 Å². The van der Waals surface area contributed by atoms with Crippen LogP contribution in [0.15, 0.2) is 48.5 Å². The molecule has 0 unspecified atom stereocenters. The number of benzene rings is 2. The van der Waals surface area contributed by atoms with Gasteiger partial charge in [0, 0.05) is 38.3 Å². The van der Waals surface area contributed by atoms with Crippen molar-refractivity contribution in [2.45, 2.75) is 13.0 Å². The normalized spacial score (nSPS) is 10.7. The summed E-state index contributed by atoms with van der Waals surface area (Å²) in [6.45, 7) is 0.00796. The van der Waals surface area contributed by atoms with E-state index in [1.165, 1.54) is 19.2 Å². The van der Waals surface area contributed by atoms with Crippen molar-refractivity contribution in [2.24, 2.45) is 0 Å². The molecule has 0 aliphatic rings. The zero-order chi connectivity index (χ0) is 21.0. The van der Waals surface area contributed by atoms with Gasteiger partial charge in [-0.1, -0.05) is 40.9 Å². The quantitative estimate of drug-likeness (QED) is 0.420. The van der Waals surface area contributed by atoms with Gasteiger partial charge >= 0.3 is 5.97 Å². The van der Waals surface area contributed by atoms with Gasteiger partial charge in [-0.05, 0) is 42.5 Å². The summed E-state index contributed by atoms with van der Waals surface area (Å²) in [6, 6.07) is 12.5. The second-order valence-electron chi connectivity index (χ2n) is 6.11. The van der Waals surface area contributed by atoms with Crippen LogP contribution in [0.3, 0.4) is 0 Å². The molecule has 150 valence electrons. The summed E-state index contributed by atoms with van der Waals surface area (Å²) >= 11 is 18.0. The number of rotatable bonds is 6. The Morgan fingerprint density at radius 1 is 0.966 bits per heavy atom. The molecule has 0 aliphatic carbocycles. The Morgan fingerprint density at radius 2 is 1.69 bits per heavy atom. The molecule has 1 aromatic heterocycles. The third kappa shape index (κ3) is 5.60. The van der Waals surface area contributed by atoms with Gasteiger partial charge in [-0.15, -0.1) is 0 Å². The summed E-state index contributed by atoms with van der Waals surface area (Å²) in [6.07, 6.45) is 0.295. The SMILES string of the molecule is COC(=O)c1cc(Cl)cc(Cc2cc(Cl)ccc2OCc2ccc(Cl)cc2F)n1. The second kappa shape index (κ2) is 9.44. The summed E-state index contributed by atoms with van der Waals surface area (Å²) in [4.78, 5) is 16.1. The number of halogens is 4. The van der Waals surface area contributed by atoms with Gasteiger partial charge in [-0.3, -0.25) is 0 Å². The first kappa shape index (κ1) is 21.4. The standard InChI is InChI=1S/C21H15Cl3FNO3/c1-28-21(27)19-10-16(24)8-17(26-19)7-13-6-14(22)4-5-20(13)29-11-12-2-3-15(23)9-18(12)25/h2-6,8-10H,7,11H2,1H3. The monoisotopic (exact) mass is 453 g/mol. The average Bonchev–Trinajstić information content (AvgIpc) is 2.67. The van der Waals surface area contributed by atoms with Crippen LogP contribution in [0.2, 0.25) is 15.1 Å². The summed E-state index contributed by atoms with van der Waals surface area (Å²) in [5, 5.41) is 1.16. The van der Waals surface area contributed by atoms with Gasteiger partial charge in [-0.25, -0.2) is 14.2 Å². The maximum absolute atomic E-state index is 14.0. The number of ether oxygens (including phenoxy) is 2. The van der Waals surface area contributed by atoms with Gasteiger partial charge in [0.2, 0.25) is 0 Å². The highest BCUT2D eigenvalue weighted by Crippen LogP contribution is 2.27. The highest BCUT2D eigenvalue weighted by Gasteiger charge is 2.13. The molecule has 0 aliphatic heterocycles. The van der Waals surface area contributed by atoms with E-state index < -0.39 is 11.8 Å². The minimum Gasteiger partial charge on any atom is -0.489 e. The minimum absolute atomic E-state index is 0.00796. The topological polar surface area (TPSA) is 48.4 Å². The molecule has 29 heavy (non-hydrogen) atoms. The fourth-order valence-corrected chi connectivity index (χ4v) is 3.25. The molecule has 0 atom stereocenters. The molecule has 0 fully saturated rings. The van der Waals surface area contributed by atoms with E-state index in [9.17, 15) is 9.18 Å². The number of hydrogen-bond donors (Lipinski definition) is 0. The van der Waals surface area contributed by atoms with Gasteiger partial charge in [0.25, 0.3) is 0 Å². The van der Waals surface area contributed by atoms with E-state index in [4.69, 9.17) is 44.3 Å². The minimum atomic E-state index is -0.588. The Hall–Kier alpha value is -2.34. The van der Waals surface area contributed by atoms with E-state index in [1.54, 1.807) is 36.4 Å². The molecule has 0 radical (unpaired) electrons. The lowest BCUT2D eigenvalue weighted by Gasteiger charge is -2.13. The van der Waals surface area contributed by atoms with Crippen LogP contribution in [-0.4, -0.2) is 18.1 Å². The van der Waals surface area contributed by atoms with Crippen LogP contribution in [0, 0.1) is 5.82 Å². The molecule has 8 heteroatoms. The third-order valence-electron chi connectivity index (χ3n) is 4.03. The number of carbonyl (C=O) groups excluding carboxylic acids is 1. The number of esters is 1. The predicted molar refractivity (Wildman–Crippen MR) is 111 cm³/mol. The first-order valence-corrected chi connectivity index (χ1v) is 9.59. The predicted octanol–water partition coefficient (Wildman–Crippen LogP) is 6.14. The van der Waals surface area contributed by atoms with E-state index in [1.807, 2.05) is 0 Å². The zero-order valence-corrected chi connectivity index (χ0v) is 17.5. The Bertz CT molecular complexity index is 1060. The molecular formula is C21H15Cl3FNO3. The second-order valence-corrected chi connectivity index (χ2v) is 7.42. The van der Waals surface area contributed by atoms with Crippen molar-refractivity contribution in [3.8, 4) is 5.75 Å². The molecule has 0 saturated heterocycles. The number of pyridine rings is 1. The average molecular weight is 455 g/mol. The van der Waals surface area contributed by atoms with Crippen molar-refractivity contribution in [1.82, 2.24) is 4.98 Å². The zero-order valence-electron chi connectivity index (χ0n) is 15.2. The van der Waals surface area contributed by atoms with Crippen LogP contribution in [0.4, 0.5) is 4.39 Å². The molecule has 0 spiro atoms. The summed E-state index contributed by atoms with van der Waals surface area (Å²) in [5.41, 5.74) is 1.70. The van der Waals surface area contributed by atoms with E-state index >= 15 is 0 Å². The molecule has 0 saturated carbocycles.